The Morgan fingerprint density at radius 3 is 2.70 bits per heavy atom. The first-order valence-electron chi connectivity index (χ1n) is 7.01. The summed E-state index contributed by atoms with van der Waals surface area (Å²) in [5, 5.41) is 15.4. The summed E-state index contributed by atoms with van der Waals surface area (Å²) in [6.07, 6.45) is -0.312. The van der Waals surface area contributed by atoms with Gasteiger partial charge in [-0.25, -0.2) is 4.79 Å². The fourth-order valence-electron chi connectivity index (χ4n) is 2.19. The van der Waals surface area contributed by atoms with Crippen molar-refractivity contribution >= 4 is 17.6 Å². The van der Waals surface area contributed by atoms with Crippen molar-refractivity contribution in [2.24, 2.45) is 5.16 Å². The van der Waals surface area contributed by atoms with Crippen molar-refractivity contribution in [2.45, 2.75) is 19.1 Å². The summed E-state index contributed by atoms with van der Waals surface area (Å²) in [5.74, 6) is -1.28. The van der Waals surface area contributed by atoms with E-state index in [1.165, 1.54) is 12.1 Å². The van der Waals surface area contributed by atoms with Crippen molar-refractivity contribution in [3.8, 4) is 0 Å². The number of carboxylic acid groups (broad SMARTS) is 1. The van der Waals surface area contributed by atoms with E-state index in [1.54, 1.807) is 0 Å². The van der Waals surface area contributed by atoms with Crippen LogP contribution >= 0.6 is 0 Å². The molecule has 0 aliphatic carbocycles. The summed E-state index contributed by atoms with van der Waals surface area (Å²) in [5.41, 5.74) is 1.64. The van der Waals surface area contributed by atoms with E-state index in [1.807, 2.05) is 30.3 Å². The van der Waals surface area contributed by atoms with Gasteiger partial charge in [0.05, 0.1) is 12.3 Å². The Kier molecular flexibility index (Phi) is 4.09. The maximum atomic E-state index is 12.1. The molecule has 0 saturated carbocycles. The number of nitrogens with zero attached hydrogens (tertiary/aromatic N) is 1. The van der Waals surface area contributed by atoms with E-state index in [-0.39, 0.29) is 18.2 Å². The van der Waals surface area contributed by atoms with Crippen LogP contribution in [0.25, 0.3) is 0 Å². The fourth-order valence-corrected chi connectivity index (χ4v) is 2.19. The quantitative estimate of drug-likeness (QED) is 0.876. The summed E-state index contributed by atoms with van der Waals surface area (Å²) in [4.78, 5) is 27.9. The molecule has 0 radical (unpaired) electrons. The molecule has 1 amide bonds. The molecule has 2 heterocycles. The van der Waals surface area contributed by atoms with Gasteiger partial charge in [-0.1, -0.05) is 35.5 Å². The minimum Gasteiger partial charge on any atom is -0.475 e. The third-order valence-electron chi connectivity index (χ3n) is 3.38. The smallest absolute Gasteiger partial charge is 0.371 e. The van der Waals surface area contributed by atoms with Gasteiger partial charge in [0.15, 0.2) is 0 Å². The summed E-state index contributed by atoms with van der Waals surface area (Å²) < 4.78 is 5.06. The van der Waals surface area contributed by atoms with Crippen molar-refractivity contribution in [1.82, 2.24) is 5.32 Å². The zero-order chi connectivity index (χ0) is 16.2. The summed E-state index contributed by atoms with van der Waals surface area (Å²) >= 11 is 0. The molecule has 1 atom stereocenters. The molecule has 0 spiro atoms. The number of oxime groups is 1. The highest BCUT2D eigenvalue weighted by Crippen LogP contribution is 2.17. The lowest BCUT2D eigenvalue weighted by atomic mass is 10.0. The largest absolute Gasteiger partial charge is 0.475 e. The van der Waals surface area contributed by atoms with Crippen LogP contribution in [0.2, 0.25) is 0 Å². The number of hydrogen-bond acceptors (Lipinski definition) is 5. The minimum absolute atomic E-state index is 0.0899. The van der Waals surface area contributed by atoms with Crippen LogP contribution in [0.15, 0.2) is 52.0 Å². The molecule has 3 rings (SSSR count). The van der Waals surface area contributed by atoms with Gasteiger partial charge in [-0.15, -0.1) is 0 Å². The van der Waals surface area contributed by atoms with Gasteiger partial charge < -0.3 is 19.7 Å². The van der Waals surface area contributed by atoms with E-state index in [9.17, 15) is 9.59 Å². The van der Waals surface area contributed by atoms with Gasteiger partial charge >= 0.3 is 5.97 Å². The first-order chi connectivity index (χ1) is 11.1. The van der Waals surface area contributed by atoms with Crippen LogP contribution in [0.3, 0.4) is 0 Å². The Labute approximate surface area is 131 Å². The van der Waals surface area contributed by atoms with Gasteiger partial charge in [-0.3, -0.25) is 4.79 Å². The summed E-state index contributed by atoms with van der Waals surface area (Å²) in [6, 6.07) is 12.3. The van der Waals surface area contributed by atoms with Gasteiger partial charge in [-0.05, 0) is 17.7 Å². The van der Waals surface area contributed by atoms with Crippen molar-refractivity contribution in [2.75, 3.05) is 0 Å². The highest BCUT2D eigenvalue weighted by Gasteiger charge is 2.28. The molecule has 7 heteroatoms. The Morgan fingerprint density at radius 1 is 1.22 bits per heavy atom. The molecule has 1 aromatic carbocycles. The molecule has 2 N–H and O–H groups in total. The van der Waals surface area contributed by atoms with Crippen molar-refractivity contribution in [1.29, 1.82) is 0 Å². The van der Waals surface area contributed by atoms with Crippen molar-refractivity contribution in [3.05, 3.63) is 59.5 Å². The number of carbonyl (C=O) groups is 2. The number of carboxylic acids is 1. The predicted octanol–water partition coefficient (Wildman–Crippen LogP) is 1.79. The van der Waals surface area contributed by atoms with Gasteiger partial charge in [-0.2, -0.15) is 0 Å². The van der Waals surface area contributed by atoms with Crippen LogP contribution in [-0.4, -0.2) is 28.8 Å². The number of hydrogen-bond donors (Lipinski definition) is 2. The molecule has 0 saturated heterocycles. The molecule has 1 unspecified atom stereocenters. The maximum absolute atomic E-state index is 12.1. The molecule has 7 nitrogen and oxygen atoms in total. The second-order valence-corrected chi connectivity index (χ2v) is 4.99. The number of aromatic carboxylic acids is 1. The molecule has 1 aromatic heterocycles. The van der Waals surface area contributed by atoms with Gasteiger partial charge in [0.1, 0.15) is 5.76 Å². The second kappa shape index (κ2) is 6.35. The van der Waals surface area contributed by atoms with E-state index in [4.69, 9.17) is 14.4 Å². The molecule has 1 aliphatic heterocycles. The van der Waals surface area contributed by atoms with E-state index in [0.717, 1.165) is 11.3 Å². The zero-order valence-corrected chi connectivity index (χ0v) is 12.1. The van der Waals surface area contributed by atoms with E-state index < -0.39 is 12.1 Å². The standard InChI is InChI=1S/C16H14N2O5/c19-15(17-9-11-6-7-13(22-11)16(20)21)14-8-12(18-23-14)10-4-2-1-3-5-10/h1-7,14H,8-9H2,(H,17,19)(H,20,21). The molecule has 0 bridgehead atoms. The van der Waals surface area contributed by atoms with Crippen LogP contribution in [0.5, 0.6) is 0 Å². The summed E-state index contributed by atoms with van der Waals surface area (Å²) in [6.45, 7) is 0.0899. The van der Waals surface area contributed by atoms with Gasteiger partial charge in [0.25, 0.3) is 5.91 Å². The van der Waals surface area contributed by atoms with E-state index in [0.29, 0.717) is 12.2 Å². The molecule has 2 aromatic rings. The Hall–Kier alpha value is -3.09. The van der Waals surface area contributed by atoms with E-state index >= 15 is 0 Å². The number of carbonyl (C=O) groups excluding carboxylic acids is 1. The lowest BCUT2D eigenvalue weighted by Crippen LogP contribution is -2.34. The lowest BCUT2D eigenvalue weighted by Gasteiger charge is -2.08. The molecule has 0 fully saturated rings. The number of rotatable bonds is 5. The average molecular weight is 314 g/mol. The van der Waals surface area contributed by atoms with Crippen LogP contribution in [-0.2, 0) is 16.2 Å². The minimum atomic E-state index is -1.15. The molecule has 1 aliphatic rings. The van der Waals surface area contributed by atoms with Crippen molar-refractivity contribution < 1.29 is 24.0 Å². The number of amides is 1. The van der Waals surface area contributed by atoms with Crippen LogP contribution < -0.4 is 5.32 Å². The van der Waals surface area contributed by atoms with Crippen LogP contribution in [0, 0.1) is 0 Å². The predicted molar refractivity (Wildman–Crippen MR) is 80.0 cm³/mol. The van der Waals surface area contributed by atoms with Gasteiger partial charge in [0.2, 0.25) is 11.9 Å². The average Bonchev–Trinajstić information content (AvgIpc) is 3.23. The van der Waals surface area contributed by atoms with Crippen LogP contribution in [0.1, 0.15) is 28.3 Å². The third-order valence-corrected chi connectivity index (χ3v) is 3.38. The second-order valence-electron chi connectivity index (χ2n) is 4.99. The molecule has 118 valence electrons. The lowest BCUT2D eigenvalue weighted by molar-refractivity contribution is -0.131. The monoisotopic (exact) mass is 314 g/mol. The van der Waals surface area contributed by atoms with Crippen molar-refractivity contribution in [3.63, 3.8) is 0 Å². The maximum Gasteiger partial charge on any atom is 0.371 e. The molecular formula is C16H14N2O5. The Morgan fingerprint density at radius 2 is 2.00 bits per heavy atom. The summed E-state index contributed by atoms with van der Waals surface area (Å²) in [7, 11) is 0. The number of benzene rings is 1. The highest BCUT2D eigenvalue weighted by molar-refractivity contribution is 6.04. The van der Waals surface area contributed by atoms with E-state index in [2.05, 4.69) is 10.5 Å². The Balaban J connectivity index is 1.53. The number of nitrogens with one attached hydrogen (secondary N) is 1. The highest BCUT2D eigenvalue weighted by atomic mass is 16.6. The third kappa shape index (κ3) is 3.39. The first kappa shape index (κ1) is 14.8. The molecular weight excluding hydrogens is 300 g/mol. The fraction of sp³-hybridized carbons (Fsp3) is 0.188. The first-order valence-corrected chi connectivity index (χ1v) is 7.01. The van der Waals surface area contributed by atoms with Gasteiger partial charge in [0, 0.05) is 6.42 Å². The Bertz CT molecular complexity index is 751. The zero-order valence-electron chi connectivity index (χ0n) is 12.1. The topological polar surface area (TPSA) is 101 Å². The SMILES string of the molecule is O=C(O)c1ccc(CNC(=O)C2CC(c3ccccc3)=NO2)o1. The molecule has 23 heavy (non-hydrogen) atoms. The van der Waals surface area contributed by atoms with Crippen LogP contribution in [0.4, 0.5) is 0 Å². The normalized spacial score (nSPS) is 16.5. The number of furan rings is 1.